The number of rotatable bonds is 5. The van der Waals surface area contributed by atoms with Gasteiger partial charge < -0.3 is 32.6 Å². The normalized spacial score (nSPS) is 24.2. The summed E-state index contributed by atoms with van der Waals surface area (Å²) in [6.45, 7) is 4.84. The number of amides is 1. The number of nitrogen functional groups attached to an aromatic ring is 1. The van der Waals surface area contributed by atoms with Gasteiger partial charge in [0.1, 0.15) is 17.0 Å². The summed E-state index contributed by atoms with van der Waals surface area (Å²) >= 11 is 1.28. The number of nitrogens with two attached hydrogens (primary N) is 3. The van der Waals surface area contributed by atoms with E-state index in [0.717, 1.165) is 29.6 Å². The topological polar surface area (TPSA) is 145 Å². The van der Waals surface area contributed by atoms with E-state index in [1.54, 1.807) is 18.2 Å². The Bertz CT molecular complexity index is 1640. The van der Waals surface area contributed by atoms with Crippen LogP contribution in [-0.2, 0) is 10.3 Å². The zero-order chi connectivity index (χ0) is 28.2. The van der Waals surface area contributed by atoms with E-state index >= 15 is 0 Å². The van der Waals surface area contributed by atoms with Crippen molar-refractivity contribution in [1.29, 1.82) is 0 Å². The molecule has 1 amide bonds. The predicted octanol–water partition coefficient (Wildman–Crippen LogP) is 4.24. The minimum Gasteiger partial charge on any atom is -0.457 e. The third-order valence-electron chi connectivity index (χ3n) is 8.08. The first kappa shape index (κ1) is 26.5. The van der Waals surface area contributed by atoms with Crippen LogP contribution in [0.25, 0.3) is 10.1 Å². The first-order valence-electron chi connectivity index (χ1n) is 13.5. The molecule has 8 nitrogen and oxygen atoms in total. The second-order valence-corrected chi connectivity index (χ2v) is 11.9. The second kappa shape index (κ2) is 10.0. The van der Waals surface area contributed by atoms with Crippen LogP contribution >= 0.6 is 11.3 Å². The minimum atomic E-state index is -1.52. The average molecular weight is 556 g/mol. The van der Waals surface area contributed by atoms with Crippen LogP contribution in [0.5, 0.6) is 11.5 Å². The Balaban J connectivity index is 1.43. The highest BCUT2D eigenvalue weighted by Crippen LogP contribution is 2.50. The van der Waals surface area contributed by atoms with Crippen molar-refractivity contribution in [2.24, 2.45) is 11.5 Å². The van der Waals surface area contributed by atoms with Crippen LogP contribution in [0.3, 0.4) is 0 Å². The lowest BCUT2D eigenvalue weighted by atomic mass is 9.69. The van der Waals surface area contributed by atoms with Crippen molar-refractivity contribution in [2.75, 3.05) is 12.3 Å². The molecule has 1 aliphatic heterocycles. The van der Waals surface area contributed by atoms with Gasteiger partial charge in [0.2, 0.25) is 0 Å². The van der Waals surface area contributed by atoms with Crippen molar-refractivity contribution in [2.45, 2.75) is 50.4 Å². The molecular formula is C31H33N5O3S. The fourth-order valence-corrected chi connectivity index (χ4v) is 7.31. The number of hydrogen-bond acceptors (Lipinski definition) is 8. The van der Waals surface area contributed by atoms with Crippen molar-refractivity contribution < 1.29 is 14.3 Å². The van der Waals surface area contributed by atoms with E-state index in [1.807, 2.05) is 49.4 Å². The van der Waals surface area contributed by atoms with E-state index < -0.39 is 11.6 Å². The van der Waals surface area contributed by atoms with Gasteiger partial charge in [-0.3, -0.25) is 9.59 Å². The molecule has 4 unspecified atom stereocenters. The van der Waals surface area contributed by atoms with Gasteiger partial charge >= 0.3 is 0 Å². The highest BCUT2D eigenvalue weighted by Gasteiger charge is 2.49. The molecule has 9 heteroatoms. The number of para-hydroxylation sites is 1. The number of Topliss-reactive ketones (excluding diaryl/α,β-unsaturated/α-hetero) is 1. The Morgan fingerprint density at radius 3 is 2.58 bits per heavy atom. The Morgan fingerprint density at radius 2 is 1.85 bits per heavy atom. The molecule has 8 N–H and O–H groups in total. The maximum absolute atomic E-state index is 14.1. The van der Waals surface area contributed by atoms with Gasteiger partial charge in [0.15, 0.2) is 5.78 Å². The molecule has 0 spiro atoms. The van der Waals surface area contributed by atoms with Gasteiger partial charge in [0, 0.05) is 28.7 Å². The van der Waals surface area contributed by atoms with E-state index in [-0.39, 0.29) is 17.7 Å². The van der Waals surface area contributed by atoms with Gasteiger partial charge in [-0.1, -0.05) is 30.3 Å². The molecule has 0 saturated carbocycles. The number of ether oxygens (including phenoxy) is 1. The quantitative estimate of drug-likeness (QED) is 0.232. The van der Waals surface area contributed by atoms with E-state index in [9.17, 15) is 9.59 Å². The lowest BCUT2D eigenvalue weighted by Crippen LogP contribution is -2.53. The predicted molar refractivity (Wildman–Crippen MR) is 159 cm³/mol. The fourth-order valence-electron chi connectivity index (χ4n) is 6.11. The molecule has 2 aliphatic rings. The molecule has 1 aromatic heterocycles. The minimum absolute atomic E-state index is 0.0429. The maximum atomic E-state index is 14.1. The Labute approximate surface area is 236 Å². The summed E-state index contributed by atoms with van der Waals surface area (Å²) in [7, 11) is 0. The Morgan fingerprint density at radius 1 is 1.10 bits per heavy atom. The van der Waals surface area contributed by atoms with Gasteiger partial charge in [-0.2, -0.15) is 0 Å². The molecule has 0 bridgehead atoms. The van der Waals surface area contributed by atoms with Crippen LogP contribution in [-0.4, -0.2) is 30.3 Å². The zero-order valence-electron chi connectivity index (χ0n) is 22.5. The number of ketones is 1. The number of nitrogens with one attached hydrogen (secondary N) is 2. The number of aryl methyl sites for hydroxylation is 1. The molecular weight excluding hydrogens is 522 g/mol. The number of carbonyl (C=O) groups excluding carboxylic acids is 2. The fraction of sp³-hybridized carbons (Fsp3) is 0.290. The van der Waals surface area contributed by atoms with Crippen LogP contribution in [0.2, 0.25) is 0 Å². The molecule has 40 heavy (non-hydrogen) atoms. The van der Waals surface area contributed by atoms with Crippen molar-refractivity contribution in [3.8, 4) is 11.5 Å². The highest BCUT2D eigenvalue weighted by molar-refractivity contribution is 7.21. The van der Waals surface area contributed by atoms with Crippen LogP contribution in [0.1, 0.15) is 57.7 Å². The Kier molecular flexibility index (Phi) is 6.62. The van der Waals surface area contributed by atoms with Gasteiger partial charge in [-0.05, 0) is 80.3 Å². The van der Waals surface area contributed by atoms with Crippen molar-refractivity contribution in [3.63, 3.8) is 0 Å². The molecule has 2 heterocycles. The standard InChI is InChI=1S/C31H33N5O3S/c1-16-14-20(39-19-6-4-3-5-7-19)8-9-21(16)31(34)22-10-11-23(32)27-24(22)25(26(33)29(31)37)28(40-27)30(38)36-18-12-13-35-17(2)15-18/h3-11,14,17-18,26,35H,12-13,15,32-34H2,1-2H3,(H,36,38). The smallest absolute Gasteiger partial charge is 0.261 e. The third-order valence-corrected chi connectivity index (χ3v) is 9.33. The first-order valence-corrected chi connectivity index (χ1v) is 14.3. The molecule has 6 rings (SSSR count). The summed E-state index contributed by atoms with van der Waals surface area (Å²) in [4.78, 5) is 28.1. The van der Waals surface area contributed by atoms with E-state index in [4.69, 9.17) is 21.9 Å². The van der Waals surface area contributed by atoms with Gasteiger partial charge in [-0.15, -0.1) is 11.3 Å². The van der Waals surface area contributed by atoms with E-state index in [0.29, 0.717) is 50.2 Å². The van der Waals surface area contributed by atoms with Crippen LogP contribution in [0.15, 0.2) is 60.7 Å². The van der Waals surface area contributed by atoms with E-state index in [1.165, 1.54) is 11.3 Å². The van der Waals surface area contributed by atoms with Crippen LogP contribution in [0, 0.1) is 6.92 Å². The summed E-state index contributed by atoms with van der Waals surface area (Å²) in [6, 6.07) is 17.8. The Hall–Kier alpha value is -3.76. The number of hydrogen-bond donors (Lipinski definition) is 5. The SMILES string of the molecule is Cc1cc(Oc2ccccc2)ccc1C1(N)C(=O)C(N)c2c(C(=O)NC3CCNC(C)C3)sc3c(N)ccc1c23. The number of piperidine rings is 1. The van der Waals surface area contributed by atoms with Crippen molar-refractivity contribution in [3.05, 3.63) is 87.8 Å². The van der Waals surface area contributed by atoms with Gasteiger partial charge in [0.25, 0.3) is 5.91 Å². The monoisotopic (exact) mass is 555 g/mol. The molecule has 206 valence electrons. The van der Waals surface area contributed by atoms with Crippen LogP contribution < -0.4 is 32.6 Å². The number of benzene rings is 3. The maximum Gasteiger partial charge on any atom is 0.261 e. The molecule has 4 aromatic rings. The summed E-state index contributed by atoms with van der Waals surface area (Å²) in [5.41, 5.74) is 21.7. The van der Waals surface area contributed by atoms with E-state index in [2.05, 4.69) is 17.6 Å². The highest BCUT2D eigenvalue weighted by atomic mass is 32.1. The number of carbonyl (C=O) groups is 2. The number of thiophene rings is 1. The lowest BCUT2D eigenvalue weighted by Gasteiger charge is -2.37. The summed E-state index contributed by atoms with van der Waals surface area (Å²) in [5, 5.41) is 7.27. The van der Waals surface area contributed by atoms with Crippen LogP contribution in [0.4, 0.5) is 5.69 Å². The molecule has 4 atom stereocenters. The molecule has 1 saturated heterocycles. The second-order valence-electron chi connectivity index (χ2n) is 10.8. The lowest BCUT2D eigenvalue weighted by molar-refractivity contribution is -0.124. The third kappa shape index (κ3) is 4.26. The first-order chi connectivity index (χ1) is 19.2. The molecule has 1 aliphatic carbocycles. The largest absolute Gasteiger partial charge is 0.457 e. The van der Waals surface area contributed by atoms with Crippen molar-refractivity contribution >= 4 is 38.8 Å². The van der Waals surface area contributed by atoms with Gasteiger partial charge in [-0.25, -0.2) is 0 Å². The number of anilines is 1. The molecule has 0 radical (unpaired) electrons. The average Bonchev–Trinajstić information content (AvgIpc) is 3.34. The molecule has 1 fully saturated rings. The molecule has 3 aromatic carbocycles. The summed E-state index contributed by atoms with van der Waals surface area (Å²) in [6.07, 6.45) is 1.67. The summed E-state index contributed by atoms with van der Waals surface area (Å²) < 4.78 is 6.72. The zero-order valence-corrected chi connectivity index (χ0v) is 23.3. The van der Waals surface area contributed by atoms with Gasteiger partial charge in [0.05, 0.1) is 15.6 Å². The van der Waals surface area contributed by atoms with Crippen molar-refractivity contribution in [1.82, 2.24) is 10.6 Å². The summed E-state index contributed by atoms with van der Waals surface area (Å²) in [5.74, 6) is 0.745.